The molecule has 0 saturated heterocycles. The van der Waals surface area contributed by atoms with Crippen LogP contribution in [0.1, 0.15) is 37.4 Å². The minimum Gasteiger partial charge on any atom is -0.480 e. The summed E-state index contributed by atoms with van der Waals surface area (Å²) in [5, 5.41) is 12.3. The van der Waals surface area contributed by atoms with Gasteiger partial charge in [0, 0.05) is 24.0 Å². The van der Waals surface area contributed by atoms with E-state index in [0.29, 0.717) is 0 Å². The maximum atomic E-state index is 11.2. The Morgan fingerprint density at radius 2 is 2.31 bits per heavy atom. The van der Waals surface area contributed by atoms with Crippen LogP contribution in [0, 0.1) is 6.92 Å². The van der Waals surface area contributed by atoms with Crippen LogP contribution in [0.5, 0.6) is 0 Å². The van der Waals surface area contributed by atoms with Crippen molar-refractivity contribution in [3.05, 3.63) is 29.6 Å². The normalized spacial score (nSPS) is 14.4. The summed E-state index contributed by atoms with van der Waals surface area (Å²) in [7, 11) is 0. The number of carbonyl (C=O) groups is 1. The summed E-state index contributed by atoms with van der Waals surface area (Å²) in [6, 6.07) is 1.31. The van der Waals surface area contributed by atoms with E-state index in [2.05, 4.69) is 10.3 Å². The van der Waals surface area contributed by atoms with Crippen LogP contribution in [0.4, 0.5) is 0 Å². The number of hydrogen-bond acceptors (Lipinski definition) is 3. The smallest absolute Gasteiger partial charge is 0.325 e. The molecule has 4 nitrogen and oxygen atoms in total. The van der Waals surface area contributed by atoms with Crippen molar-refractivity contribution in [3.63, 3.8) is 0 Å². The van der Waals surface area contributed by atoms with Crippen LogP contribution in [0.2, 0.25) is 0 Å². The number of rotatable bonds is 5. The van der Waals surface area contributed by atoms with Gasteiger partial charge in [0.15, 0.2) is 0 Å². The summed E-state index contributed by atoms with van der Waals surface area (Å²) in [5.41, 5.74) is 1.67. The third kappa shape index (κ3) is 3.03. The predicted molar refractivity (Wildman–Crippen MR) is 62.2 cm³/mol. The number of aryl methyl sites for hydroxylation is 1. The number of pyridine rings is 1. The quantitative estimate of drug-likeness (QED) is 0.798. The molecule has 16 heavy (non-hydrogen) atoms. The van der Waals surface area contributed by atoms with Crippen LogP contribution in [-0.4, -0.2) is 22.1 Å². The lowest BCUT2D eigenvalue weighted by atomic mass is 10.0. The van der Waals surface area contributed by atoms with Gasteiger partial charge >= 0.3 is 5.97 Å². The molecule has 2 atom stereocenters. The molecule has 2 unspecified atom stereocenters. The van der Waals surface area contributed by atoms with Gasteiger partial charge < -0.3 is 5.11 Å². The maximum Gasteiger partial charge on any atom is 0.325 e. The summed E-state index contributed by atoms with van der Waals surface area (Å²) < 4.78 is 0. The highest BCUT2D eigenvalue weighted by Crippen LogP contribution is 2.17. The molecule has 0 fully saturated rings. The lowest BCUT2D eigenvalue weighted by Crippen LogP contribution is -2.35. The van der Waals surface area contributed by atoms with Crippen LogP contribution in [0.3, 0.4) is 0 Å². The van der Waals surface area contributed by atoms with E-state index in [1.54, 1.807) is 12.4 Å². The molecule has 0 saturated carbocycles. The van der Waals surface area contributed by atoms with Crippen molar-refractivity contribution in [2.75, 3.05) is 0 Å². The Bertz CT molecular complexity index is 366. The number of aliphatic carboxylic acids is 1. The van der Waals surface area contributed by atoms with E-state index in [1.807, 2.05) is 26.8 Å². The maximum absolute atomic E-state index is 11.2. The van der Waals surface area contributed by atoms with E-state index in [4.69, 9.17) is 0 Å². The topological polar surface area (TPSA) is 62.2 Å². The minimum atomic E-state index is -0.864. The number of nitrogens with zero attached hydrogens (tertiary/aromatic N) is 1. The minimum absolute atomic E-state index is 0.167. The molecular formula is C12H18N2O2. The molecule has 0 radical (unpaired) electrons. The molecule has 1 aromatic rings. The first-order valence-electron chi connectivity index (χ1n) is 5.45. The van der Waals surface area contributed by atoms with Crippen LogP contribution in [0.25, 0.3) is 0 Å². The fraction of sp³-hybridized carbons (Fsp3) is 0.500. The Morgan fingerprint density at radius 3 is 2.81 bits per heavy atom. The Balaban J connectivity index is 2.94. The summed E-state index contributed by atoms with van der Waals surface area (Å²) in [6.07, 6.45) is 4.17. The lowest BCUT2D eigenvalue weighted by Gasteiger charge is -2.20. The van der Waals surface area contributed by atoms with Crippen LogP contribution >= 0.6 is 0 Å². The van der Waals surface area contributed by atoms with Crippen molar-refractivity contribution < 1.29 is 9.90 Å². The zero-order valence-corrected chi connectivity index (χ0v) is 9.90. The van der Waals surface area contributed by atoms with Crippen LogP contribution in [0.15, 0.2) is 18.5 Å². The molecule has 0 aliphatic rings. The van der Waals surface area contributed by atoms with Crippen molar-refractivity contribution in [3.8, 4) is 0 Å². The Kier molecular flexibility index (Phi) is 4.43. The number of aromatic nitrogens is 1. The molecule has 1 aromatic heterocycles. The summed E-state index contributed by atoms with van der Waals surface area (Å²) in [5.74, 6) is -0.864. The highest BCUT2D eigenvalue weighted by atomic mass is 16.4. The van der Waals surface area contributed by atoms with E-state index in [-0.39, 0.29) is 6.04 Å². The second-order valence-electron chi connectivity index (χ2n) is 3.98. The average molecular weight is 222 g/mol. The zero-order chi connectivity index (χ0) is 12.1. The Morgan fingerprint density at radius 1 is 1.62 bits per heavy atom. The van der Waals surface area contributed by atoms with Crippen molar-refractivity contribution in [1.82, 2.24) is 10.3 Å². The third-order valence-electron chi connectivity index (χ3n) is 2.70. The van der Waals surface area contributed by atoms with Crippen molar-refractivity contribution >= 4 is 5.97 Å². The van der Waals surface area contributed by atoms with Gasteiger partial charge in [-0.1, -0.05) is 6.92 Å². The monoisotopic (exact) mass is 222 g/mol. The van der Waals surface area contributed by atoms with Gasteiger partial charge in [-0.2, -0.15) is 0 Å². The third-order valence-corrected chi connectivity index (χ3v) is 2.70. The Hall–Kier alpha value is -1.42. The van der Waals surface area contributed by atoms with Gasteiger partial charge in [0.25, 0.3) is 0 Å². The standard InChI is InChI=1S/C12H18N2O2/c1-4-9(3)14-11(12(15)16)10-7-13-6-5-8(10)2/h5-7,9,11,14H,4H2,1-3H3,(H,15,16). The highest BCUT2D eigenvalue weighted by molar-refractivity contribution is 5.76. The molecule has 0 amide bonds. The van der Waals surface area contributed by atoms with E-state index < -0.39 is 12.0 Å². The number of carboxylic acids is 1. The largest absolute Gasteiger partial charge is 0.480 e. The summed E-state index contributed by atoms with van der Waals surface area (Å²) in [4.78, 5) is 15.2. The molecule has 1 rings (SSSR count). The van der Waals surface area contributed by atoms with E-state index in [9.17, 15) is 9.90 Å². The van der Waals surface area contributed by atoms with Crippen LogP contribution in [-0.2, 0) is 4.79 Å². The molecule has 88 valence electrons. The van der Waals surface area contributed by atoms with Crippen molar-refractivity contribution in [2.45, 2.75) is 39.3 Å². The molecule has 0 bridgehead atoms. The van der Waals surface area contributed by atoms with Gasteiger partial charge in [0.05, 0.1) is 0 Å². The highest BCUT2D eigenvalue weighted by Gasteiger charge is 2.22. The van der Waals surface area contributed by atoms with Crippen molar-refractivity contribution in [1.29, 1.82) is 0 Å². The average Bonchev–Trinajstić information content (AvgIpc) is 2.26. The second-order valence-corrected chi connectivity index (χ2v) is 3.98. The van der Waals surface area contributed by atoms with E-state index in [1.165, 1.54) is 0 Å². The first-order valence-corrected chi connectivity index (χ1v) is 5.45. The fourth-order valence-corrected chi connectivity index (χ4v) is 1.47. The first-order chi connectivity index (χ1) is 7.56. The van der Waals surface area contributed by atoms with E-state index >= 15 is 0 Å². The molecule has 0 spiro atoms. The van der Waals surface area contributed by atoms with Gasteiger partial charge in [-0.3, -0.25) is 15.1 Å². The lowest BCUT2D eigenvalue weighted by molar-refractivity contribution is -0.139. The SMILES string of the molecule is CCC(C)NC(C(=O)O)c1cnccc1C. The zero-order valence-electron chi connectivity index (χ0n) is 9.90. The Labute approximate surface area is 95.7 Å². The number of carboxylic acid groups (broad SMARTS) is 1. The van der Waals surface area contributed by atoms with Gasteiger partial charge in [-0.15, -0.1) is 0 Å². The first kappa shape index (κ1) is 12.6. The summed E-state index contributed by atoms with van der Waals surface area (Å²) in [6.45, 7) is 5.89. The molecule has 0 aliphatic carbocycles. The van der Waals surface area contributed by atoms with Gasteiger partial charge in [-0.05, 0) is 31.9 Å². The predicted octanol–water partition coefficient (Wildman–Crippen LogP) is 1.90. The summed E-state index contributed by atoms with van der Waals surface area (Å²) >= 11 is 0. The number of nitrogens with one attached hydrogen (secondary N) is 1. The molecule has 4 heteroatoms. The van der Waals surface area contributed by atoms with Gasteiger partial charge in [0.2, 0.25) is 0 Å². The molecule has 2 N–H and O–H groups in total. The van der Waals surface area contributed by atoms with E-state index in [0.717, 1.165) is 17.5 Å². The van der Waals surface area contributed by atoms with Crippen molar-refractivity contribution in [2.24, 2.45) is 0 Å². The van der Waals surface area contributed by atoms with Gasteiger partial charge in [0.1, 0.15) is 6.04 Å². The molecule has 0 aliphatic heterocycles. The number of hydrogen-bond donors (Lipinski definition) is 2. The molecular weight excluding hydrogens is 204 g/mol. The van der Waals surface area contributed by atoms with Crippen LogP contribution < -0.4 is 5.32 Å². The second kappa shape index (κ2) is 5.61. The molecule has 1 heterocycles. The fourth-order valence-electron chi connectivity index (χ4n) is 1.47. The van der Waals surface area contributed by atoms with Gasteiger partial charge in [-0.25, -0.2) is 0 Å². The molecule has 0 aromatic carbocycles.